The van der Waals surface area contributed by atoms with E-state index in [4.69, 9.17) is 0 Å². The Morgan fingerprint density at radius 2 is 1.88 bits per heavy atom. The van der Waals surface area contributed by atoms with Crippen LogP contribution in [0.4, 0.5) is 0 Å². The van der Waals surface area contributed by atoms with Crippen molar-refractivity contribution in [2.75, 3.05) is 0 Å². The molecule has 3 rings (SSSR count). The summed E-state index contributed by atoms with van der Waals surface area (Å²) >= 11 is 0. The lowest BCUT2D eigenvalue weighted by Crippen LogP contribution is -2.19. The summed E-state index contributed by atoms with van der Waals surface area (Å²) in [7, 11) is 0. The van der Waals surface area contributed by atoms with E-state index in [0.717, 1.165) is 30.4 Å². The zero-order valence-electron chi connectivity index (χ0n) is 9.65. The van der Waals surface area contributed by atoms with Crippen LogP contribution in [0.2, 0.25) is 0 Å². The van der Waals surface area contributed by atoms with Crippen molar-refractivity contribution in [1.29, 1.82) is 0 Å². The van der Waals surface area contributed by atoms with E-state index in [9.17, 15) is 4.79 Å². The van der Waals surface area contributed by atoms with Gasteiger partial charge < -0.3 is 0 Å². The molecule has 1 nitrogen and oxygen atoms in total. The van der Waals surface area contributed by atoms with Gasteiger partial charge in [-0.05, 0) is 31.4 Å². The van der Waals surface area contributed by atoms with Gasteiger partial charge >= 0.3 is 0 Å². The molecule has 0 unspecified atom stereocenters. The van der Waals surface area contributed by atoms with Crippen molar-refractivity contribution in [3.63, 3.8) is 0 Å². The van der Waals surface area contributed by atoms with Gasteiger partial charge in [0.1, 0.15) is 5.78 Å². The lowest BCUT2D eigenvalue weighted by molar-refractivity contribution is -0.123. The van der Waals surface area contributed by atoms with Gasteiger partial charge in [0, 0.05) is 17.1 Å². The van der Waals surface area contributed by atoms with Gasteiger partial charge in [-0.3, -0.25) is 4.79 Å². The fraction of sp³-hybridized carbons (Fsp3) is 0.312. The molecule has 0 amide bonds. The fourth-order valence-corrected chi connectivity index (χ4v) is 2.70. The molecule has 0 N–H and O–H groups in total. The highest BCUT2D eigenvalue weighted by molar-refractivity contribution is 5.90. The standard InChI is InChI=1S/C16H14O/c17-16-14-9-8-13(15(16)11-10-14)7-6-12-4-2-1-3-5-12/h1-5,8,14-15H,9-11H2/t14-,15-/m1/s1. The lowest BCUT2D eigenvalue weighted by atomic mass is 9.87. The predicted molar refractivity (Wildman–Crippen MR) is 67.2 cm³/mol. The Bertz CT molecular complexity index is 528. The molecule has 1 heteroatoms. The van der Waals surface area contributed by atoms with E-state index < -0.39 is 0 Å². The number of fused-ring (bicyclic) bond motifs is 2. The molecule has 2 atom stereocenters. The zero-order valence-corrected chi connectivity index (χ0v) is 9.65. The van der Waals surface area contributed by atoms with Gasteiger partial charge in [0.15, 0.2) is 0 Å². The molecule has 2 bridgehead atoms. The van der Waals surface area contributed by atoms with Crippen LogP contribution in [-0.2, 0) is 4.79 Å². The lowest BCUT2D eigenvalue weighted by Gasteiger charge is -2.14. The number of hydrogen-bond acceptors (Lipinski definition) is 1. The Hall–Kier alpha value is -1.81. The minimum absolute atomic E-state index is 0.102. The number of ketones is 1. The van der Waals surface area contributed by atoms with Crippen molar-refractivity contribution in [3.05, 3.63) is 47.5 Å². The first-order valence-electron chi connectivity index (χ1n) is 6.15. The molecule has 0 aliphatic heterocycles. The van der Waals surface area contributed by atoms with Crippen LogP contribution in [0.3, 0.4) is 0 Å². The third-order valence-electron chi connectivity index (χ3n) is 3.67. The highest BCUT2D eigenvalue weighted by Crippen LogP contribution is 2.38. The topological polar surface area (TPSA) is 17.1 Å². The summed E-state index contributed by atoms with van der Waals surface area (Å²) in [6, 6.07) is 9.94. The van der Waals surface area contributed by atoms with Crippen molar-refractivity contribution < 1.29 is 4.79 Å². The van der Waals surface area contributed by atoms with Crippen LogP contribution in [-0.4, -0.2) is 5.78 Å². The minimum atomic E-state index is 0.102. The number of allylic oxidation sites excluding steroid dienone is 2. The molecule has 1 saturated carbocycles. The van der Waals surface area contributed by atoms with Crippen LogP contribution >= 0.6 is 0 Å². The van der Waals surface area contributed by atoms with Crippen LogP contribution in [0.25, 0.3) is 0 Å². The molecule has 0 heterocycles. The summed E-state index contributed by atoms with van der Waals surface area (Å²) in [6.07, 6.45) is 5.11. The van der Waals surface area contributed by atoms with Crippen LogP contribution < -0.4 is 0 Å². The Labute approximate surface area is 102 Å². The SMILES string of the molecule is O=C1[C@@H]2CC=C(C#Cc3ccccc3)[C@H]1CC2. The maximum Gasteiger partial charge on any atom is 0.144 e. The van der Waals surface area contributed by atoms with Crippen molar-refractivity contribution in [3.8, 4) is 11.8 Å². The molecule has 1 aromatic rings. The molecule has 0 spiro atoms. The van der Waals surface area contributed by atoms with E-state index in [1.54, 1.807) is 0 Å². The summed E-state index contributed by atoms with van der Waals surface area (Å²) in [4.78, 5) is 11.9. The maximum atomic E-state index is 11.9. The third-order valence-corrected chi connectivity index (χ3v) is 3.67. The fourth-order valence-electron chi connectivity index (χ4n) is 2.70. The number of Topliss-reactive ketones (excluding diaryl/α,β-unsaturated/α-hetero) is 1. The Morgan fingerprint density at radius 1 is 1.06 bits per heavy atom. The van der Waals surface area contributed by atoms with E-state index in [2.05, 4.69) is 17.9 Å². The largest absolute Gasteiger partial charge is 0.299 e. The van der Waals surface area contributed by atoms with E-state index in [1.165, 1.54) is 0 Å². The first kappa shape index (κ1) is 10.4. The molecule has 1 fully saturated rings. The van der Waals surface area contributed by atoms with Gasteiger partial charge in [-0.2, -0.15) is 0 Å². The highest BCUT2D eigenvalue weighted by Gasteiger charge is 2.38. The second-order valence-corrected chi connectivity index (χ2v) is 4.74. The number of rotatable bonds is 0. The van der Waals surface area contributed by atoms with Crippen LogP contribution in [0.5, 0.6) is 0 Å². The Balaban J connectivity index is 1.85. The first-order valence-corrected chi connectivity index (χ1v) is 6.15. The minimum Gasteiger partial charge on any atom is -0.299 e. The predicted octanol–water partition coefficient (Wildman–Crippen LogP) is 2.96. The molecule has 0 radical (unpaired) electrons. The number of hydrogen-bond donors (Lipinski definition) is 0. The van der Waals surface area contributed by atoms with Crippen molar-refractivity contribution in [2.24, 2.45) is 11.8 Å². The second kappa shape index (κ2) is 4.22. The summed E-state index contributed by atoms with van der Waals surface area (Å²) < 4.78 is 0. The highest BCUT2D eigenvalue weighted by atomic mass is 16.1. The Morgan fingerprint density at radius 3 is 2.71 bits per heavy atom. The molecule has 0 aromatic heterocycles. The average Bonchev–Trinajstić information content (AvgIpc) is 2.62. The molecular formula is C16H14O. The molecule has 2 aliphatic carbocycles. The number of carbonyl (C=O) groups is 1. The van der Waals surface area contributed by atoms with Crippen molar-refractivity contribution in [2.45, 2.75) is 19.3 Å². The summed E-state index contributed by atoms with van der Waals surface area (Å²) in [5.74, 6) is 7.15. The molecule has 84 valence electrons. The molecule has 17 heavy (non-hydrogen) atoms. The monoisotopic (exact) mass is 222 g/mol. The van der Waals surface area contributed by atoms with Gasteiger partial charge in [0.2, 0.25) is 0 Å². The molecule has 1 aromatic carbocycles. The van der Waals surface area contributed by atoms with E-state index >= 15 is 0 Å². The second-order valence-electron chi connectivity index (χ2n) is 4.74. The average molecular weight is 222 g/mol. The van der Waals surface area contributed by atoms with Gasteiger partial charge in [-0.25, -0.2) is 0 Å². The van der Waals surface area contributed by atoms with Gasteiger partial charge in [0.05, 0.1) is 5.92 Å². The van der Waals surface area contributed by atoms with Crippen LogP contribution in [0.15, 0.2) is 42.0 Å². The van der Waals surface area contributed by atoms with Gasteiger partial charge in [-0.1, -0.05) is 36.1 Å². The van der Waals surface area contributed by atoms with Gasteiger partial charge in [-0.15, -0.1) is 0 Å². The zero-order chi connectivity index (χ0) is 11.7. The van der Waals surface area contributed by atoms with E-state index in [1.807, 2.05) is 30.3 Å². The quantitative estimate of drug-likeness (QED) is 0.617. The maximum absolute atomic E-state index is 11.9. The molecule has 0 saturated heterocycles. The van der Waals surface area contributed by atoms with Gasteiger partial charge in [0.25, 0.3) is 0 Å². The summed E-state index contributed by atoms with van der Waals surface area (Å²) in [6.45, 7) is 0. The van der Waals surface area contributed by atoms with E-state index in [-0.39, 0.29) is 5.92 Å². The summed E-state index contributed by atoms with van der Waals surface area (Å²) in [5, 5.41) is 0. The smallest absolute Gasteiger partial charge is 0.144 e. The normalized spacial score (nSPS) is 26.1. The van der Waals surface area contributed by atoms with Crippen molar-refractivity contribution >= 4 is 5.78 Å². The summed E-state index contributed by atoms with van der Waals surface area (Å²) in [5.41, 5.74) is 2.06. The van der Waals surface area contributed by atoms with E-state index in [0.29, 0.717) is 11.7 Å². The Kier molecular flexibility index (Phi) is 2.57. The van der Waals surface area contributed by atoms with Crippen molar-refractivity contribution in [1.82, 2.24) is 0 Å². The van der Waals surface area contributed by atoms with Crippen LogP contribution in [0, 0.1) is 23.7 Å². The number of benzene rings is 1. The molecular weight excluding hydrogens is 208 g/mol. The first-order chi connectivity index (χ1) is 8.34. The number of carbonyl (C=O) groups excluding carboxylic acids is 1. The van der Waals surface area contributed by atoms with Crippen LogP contribution in [0.1, 0.15) is 24.8 Å². The third kappa shape index (κ3) is 1.91. The molecule has 2 aliphatic rings.